The van der Waals surface area contributed by atoms with E-state index in [4.69, 9.17) is 26.8 Å². The average molecular weight is 346 g/mol. The van der Waals surface area contributed by atoms with Gasteiger partial charge in [-0.05, 0) is 36.2 Å². The molecule has 0 aromatic heterocycles. The van der Waals surface area contributed by atoms with Gasteiger partial charge in [0.15, 0.2) is 17.5 Å². The number of aliphatic imine (C=N–C) groups is 1. The molecular formula is C18H20ClN3O2. The number of benzene rings is 2. The van der Waals surface area contributed by atoms with Crippen LogP contribution in [0.15, 0.2) is 47.5 Å². The van der Waals surface area contributed by atoms with Gasteiger partial charge in [0.05, 0.1) is 13.2 Å². The Labute approximate surface area is 146 Å². The van der Waals surface area contributed by atoms with Crippen molar-refractivity contribution in [3.8, 4) is 11.5 Å². The fraction of sp³-hybridized carbons (Fsp3) is 0.278. The van der Waals surface area contributed by atoms with Crippen LogP contribution in [-0.2, 0) is 6.42 Å². The van der Waals surface area contributed by atoms with E-state index < -0.39 is 0 Å². The molecule has 0 saturated heterocycles. The minimum atomic E-state index is 0.374. The number of anilines is 1. The van der Waals surface area contributed by atoms with Crippen LogP contribution in [0.4, 0.5) is 5.69 Å². The molecule has 0 radical (unpaired) electrons. The normalized spacial score (nSPS) is 14.1. The average Bonchev–Trinajstić information content (AvgIpc) is 2.81. The summed E-state index contributed by atoms with van der Waals surface area (Å²) in [6.07, 6.45) is 1.69. The molecule has 0 amide bonds. The van der Waals surface area contributed by atoms with Gasteiger partial charge in [-0.3, -0.25) is 4.99 Å². The molecule has 5 nitrogen and oxygen atoms in total. The zero-order valence-corrected chi connectivity index (χ0v) is 14.1. The van der Waals surface area contributed by atoms with Crippen LogP contribution >= 0.6 is 11.6 Å². The van der Waals surface area contributed by atoms with Gasteiger partial charge in [0.25, 0.3) is 0 Å². The smallest absolute Gasteiger partial charge is 0.193 e. The summed E-state index contributed by atoms with van der Waals surface area (Å²) in [5, 5.41) is 3.81. The second-order valence-corrected chi connectivity index (χ2v) is 5.92. The fourth-order valence-electron chi connectivity index (χ4n) is 2.38. The predicted molar refractivity (Wildman–Crippen MR) is 97.3 cm³/mol. The lowest BCUT2D eigenvalue weighted by atomic mass is 10.1. The summed E-state index contributed by atoms with van der Waals surface area (Å²) in [6, 6.07) is 13.4. The van der Waals surface area contributed by atoms with Gasteiger partial charge in [0, 0.05) is 29.7 Å². The molecule has 1 aliphatic heterocycles. The Hall–Kier alpha value is -2.40. The van der Waals surface area contributed by atoms with Crippen LogP contribution in [0.1, 0.15) is 12.0 Å². The quantitative estimate of drug-likeness (QED) is 0.657. The van der Waals surface area contributed by atoms with E-state index in [9.17, 15) is 0 Å². The van der Waals surface area contributed by atoms with Crippen LogP contribution in [0.25, 0.3) is 0 Å². The highest BCUT2D eigenvalue weighted by Gasteiger charge is 2.10. The molecule has 126 valence electrons. The van der Waals surface area contributed by atoms with Crippen molar-refractivity contribution < 1.29 is 9.47 Å². The number of hydrogen-bond acceptors (Lipinski definition) is 3. The second-order valence-electron chi connectivity index (χ2n) is 5.48. The van der Waals surface area contributed by atoms with Crippen molar-refractivity contribution in [1.82, 2.24) is 0 Å². The number of nitrogens with zero attached hydrogens (tertiary/aromatic N) is 1. The lowest BCUT2D eigenvalue weighted by Crippen LogP contribution is -2.23. The molecule has 0 saturated carbocycles. The predicted octanol–water partition coefficient (Wildman–Crippen LogP) is 3.47. The van der Waals surface area contributed by atoms with Crippen LogP contribution in [0.2, 0.25) is 5.02 Å². The number of halogens is 1. The lowest BCUT2D eigenvalue weighted by Gasteiger charge is -2.10. The minimum absolute atomic E-state index is 0.374. The van der Waals surface area contributed by atoms with E-state index in [0.717, 1.165) is 35.1 Å². The summed E-state index contributed by atoms with van der Waals surface area (Å²) >= 11 is 5.87. The molecule has 1 heterocycles. The van der Waals surface area contributed by atoms with Crippen LogP contribution in [-0.4, -0.2) is 25.7 Å². The van der Waals surface area contributed by atoms with E-state index in [1.165, 1.54) is 5.56 Å². The summed E-state index contributed by atoms with van der Waals surface area (Å²) in [7, 11) is 0. The minimum Gasteiger partial charge on any atom is -0.490 e. The summed E-state index contributed by atoms with van der Waals surface area (Å²) in [6.45, 7) is 1.93. The maximum atomic E-state index is 5.95. The van der Waals surface area contributed by atoms with Gasteiger partial charge in [0.2, 0.25) is 0 Å². The van der Waals surface area contributed by atoms with Gasteiger partial charge in [-0.1, -0.05) is 23.7 Å². The first-order valence-corrected chi connectivity index (χ1v) is 8.29. The Kier molecular flexibility index (Phi) is 5.43. The summed E-state index contributed by atoms with van der Waals surface area (Å²) < 4.78 is 11.3. The van der Waals surface area contributed by atoms with Crippen LogP contribution < -0.4 is 20.5 Å². The van der Waals surface area contributed by atoms with Gasteiger partial charge < -0.3 is 20.5 Å². The van der Waals surface area contributed by atoms with Crippen molar-refractivity contribution in [2.24, 2.45) is 10.7 Å². The second kappa shape index (κ2) is 7.93. The first-order chi connectivity index (χ1) is 11.7. The highest BCUT2D eigenvalue weighted by molar-refractivity contribution is 6.30. The zero-order chi connectivity index (χ0) is 16.8. The van der Waals surface area contributed by atoms with Crippen LogP contribution in [0, 0.1) is 0 Å². The monoisotopic (exact) mass is 345 g/mol. The molecule has 2 aromatic carbocycles. The molecule has 1 aliphatic rings. The van der Waals surface area contributed by atoms with Gasteiger partial charge in [-0.25, -0.2) is 0 Å². The number of nitrogens with two attached hydrogens (primary N) is 1. The van der Waals surface area contributed by atoms with E-state index in [2.05, 4.69) is 10.3 Å². The van der Waals surface area contributed by atoms with Crippen molar-refractivity contribution >= 4 is 23.2 Å². The SMILES string of the molecule is NC(=NCCc1ccc(Cl)cc1)Nc1ccc2c(c1)OCCCO2. The summed E-state index contributed by atoms with van der Waals surface area (Å²) in [5.74, 6) is 1.86. The summed E-state index contributed by atoms with van der Waals surface area (Å²) in [5.41, 5.74) is 7.95. The third-order valence-electron chi connectivity index (χ3n) is 3.62. The molecule has 0 atom stereocenters. The molecule has 3 rings (SSSR count). The van der Waals surface area contributed by atoms with Crippen molar-refractivity contribution in [3.63, 3.8) is 0 Å². The maximum Gasteiger partial charge on any atom is 0.193 e. The lowest BCUT2D eigenvalue weighted by molar-refractivity contribution is 0.297. The molecule has 0 unspecified atom stereocenters. The van der Waals surface area contributed by atoms with E-state index in [1.807, 2.05) is 42.5 Å². The van der Waals surface area contributed by atoms with Gasteiger partial charge in [-0.2, -0.15) is 0 Å². The van der Waals surface area contributed by atoms with Crippen molar-refractivity contribution in [3.05, 3.63) is 53.1 Å². The van der Waals surface area contributed by atoms with E-state index in [1.54, 1.807) is 0 Å². The molecule has 0 spiro atoms. The van der Waals surface area contributed by atoms with Crippen molar-refractivity contribution in [2.75, 3.05) is 25.1 Å². The largest absolute Gasteiger partial charge is 0.490 e. The van der Waals surface area contributed by atoms with Crippen LogP contribution in [0.5, 0.6) is 11.5 Å². The summed E-state index contributed by atoms with van der Waals surface area (Å²) in [4.78, 5) is 4.35. The highest BCUT2D eigenvalue weighted by atomic mass is 35.5. The third kappa shape index (κ3) is 4.55. The molecular weight excluding hydrogens is 326 g/mol. The number of nitrogens with one attached hydrogen (secondary N) is 1. The Morgan fingerprint density at radius 1 is 1.08 bits per heavy atom. The number of fused-ring (bicyclic) bond motifs is 1. The van der Waals surface area contributed by atoms with Gasteiger partial charge in [-0.15, -0.1) is 0 Å². The van der Waals surface area contributed by atoms with Crippen molar-refractivity contribution in [2.45, 2.75) is 12.8 Å². The molecule has 0 aliphatic carbocycles. The Morgan fingerprint density at radius 2 is 1.83 bits per heavy atom. The van der Waals surface area contributed by atoms with Crippen molar-refractivity contribution in [1.29, 1.82) is 0 Å². The van der Waals surface area contributed by atoms with E-state index >= 15 is 0 Å². The molecule has 24 heavy (non-hydrogen) atoms. The van der Waals surface area contributed by atoms with E-state index in [0.29, 0.717) is 25.7 Å². The number of rotatable bonds is 4. The number of guanidine groups is 1. The first-order valence-electron chi connectivity index (χ1n) is 7.92. The van der Waals surface area contributed by atoms with Gasteiger partial charge in [0.1, 0.15) is 0 Å². The Morgan fingerprint density at radius 3 is 2.62 bits per heavy atom. The standard InChI is InChI=1S/C18H20ClN3O2/c19-14-4-2-13(3-5-14)8-9-21-18(20)22-15-6-7-16-17(12-15)24-11-1-10-23-16/h2-7,12H,1,8-11H2,(H3,20,21,22). The number of hydrogen-bond donors (Lipinski definition) is 2. The Balaban J connectivity index is 1.56. The molecule has 0 bridgehead atoms. The first kappa shape index (κ1) is 16.5. The van der Waals surface area contributed by atoms with Crippen LogP contribution in [0.3, 0.4) is 0 Å². The molecule has 6 heteroatoms. The van der Waals surface area contributed by atoms with Gasteiger partial charge >= 0.3 is 0 Å². The molecule has 3 N–H and O–H groups in total. The topological polar surface area (TPSA) is 68.9 Å². The number of ether oxygens (including phenoxy) is 2. The molecule has 2 aromatic rings. The Bertz CT molecular complexity index is 717. The fourth-order valence-corrected chi connectivity index (χ4v) is 2.51. The van der Waals surface area contributed by atoms with E-state index in [-0.39, 0.29) is 0 Å². The maximum absolute atomic E-state index is 5.95. The third-order valence-corrected chi connectivity index (χ3v) is 3.87. The zero-order valence-electron chi connectivity index (χ0n) is 13.3. The highest BCUT2D eigenvalue weighted by Crippen LogP contribution is 2.32. The molecule has 0 fully saturated rings.